The van der Waals surface area contributed by atoms with Crippen molar-refractivity contribution in [2.45, 2.75) is 40.5 Å². The molecule has 1 amide bonds. The topological polar surface area (TPSA) is 55.4 Å². The number of amides is 1. The minimum Gasteiger partial charge on any atom is -0.464 e. The molecule has 0 heterocycles. The van der Waals surface area contributed by atoms with Gasteiger partial charge in [-0.25, -0.2) is 0 Å². The second-order valence-corrected chi connectivity index (χ2v) is 4.08. The van der Waals surface area contributed by atoms with Gasteiger partial charge in [-0.05, 0) is 12.8 Å². The molecule has 0 rings (SSSR count). The Morgan fingerprint density at radius 3 is 2.19 bits per heavy atom. The van der Waals surface area contributed by atoms with Gasteiger partial charge in [-0.1, -0.05) is 27.7 Å². The highest BCUT2D eigenvalue weighted by molar-refractivity contribution is 5.78. The van der Waals surface area contributed by atoms with Crippen LogP contribution in [0.1, 0.15) is 40.5 Å². The molecule has 0 aliphatic heterocycles. The number of rotatable bonds is 7. The molecule has 0 aromatic rings. The second-order valence-electron chi connectivity index (χ2n) is 4.08. The number of ether oxygens (including phenoxy) is 1. The molecule has 0 saturated carbocycles. The van der Waals surface area contributed by atoms with Crippen LogP contribution in [0.4, 0.5) is 0 Å². The molecule has 94 valence electrons. The predicted molar refractivity (Wildman–Crippen MR) is 62.9 cm³/mol. The van der Waals surface area contributed by atoms with Gasteiger partial charge >= 0.3 is 5.97 Å². The number of carbonyl (C=O) groups is 2. The van der Waals surface area contributed by atoms with Crippen molar-refractivity contribution in [3.8, 4) is 0 Å². The van der Waals surface area contributed by atoms with Crippen molar-refractivity contribution < 1.29 is 14.3 Å². The minimum atomic E-state index is -0.194. The average molecular weight is 229 g/mol. The van der Waals surface area contributed by atoms with Crippen LogP contribution < -0.4 is 5.32 Å². The molecule has 0 bridgehead atoms. The Balaban J connectivity index is 3.61. The maximum Gasteiger partial charge on any atom is 0.308 e. The highest BCUT2D eigenvalue weighted by Crippen LogP contribution is 2.02. The Hall–Kier alpha value is -1.06. The molecule has 4 nitrogen and oxygen atoms in total. The van der Waals surface area contributed by atoms with Crippen LogP contribution in [-0.4, -0.2) is 25.0 Å². The number of hydrogen-bond acceptors (Lipinski definition) is 3. The number of hydrogen-bond donors (Lipinski definition) is 1. The maximum atomic E-state index is 11.4. The van der Waals surface area contributed by atoms with Gasteiger partial charge in [0.1, 0.15) is 6.61 Å². The molecule has 2 unspecified atom stereocenters. The molecular formula is C12H23NO3. The third-order valence-electron chi connectivity index (χ3n) is 2.72. The Bertz CT molecular complexity index is 204. The lowest BCUT2D eigenvalue weighted by Crippen LogP contribution is -2.32. The van der Waals surface area contributed by atoms with Crippen molar-refractivity contribution in [1.29, 1.82) is 0 Å². The van der Waals surface area contributed by atoms with Gasteiger partial charge in [0.05, 0.1) is 12.5 Å². The standard InChI is InChI=1S/C12H23NO3/c1-5-9(3)11(14)13-7-8-16-12(15)10(4)6-2/h9-10H,5-8H2,1-4H3,(H,13,14). The number of carbonyl (C=O) groups excluding carboxylic acids is 2. The van der Waals surface area contributed by atoms with Crippen LogP contribution in [0.5, 0.6) is 0 Å². The zero-order valence-corrected chi connectivity index (χ0v) is 10.7. The van der Waals surface area contributed by atoms with E-state index < -0.39 is 0 Å². The van der Waals surface area contributed by atoms with Gasteiger partial charge in [0, 0.05) is 5.92 Å². The summed E-state index contributed by atoms with van der Waals surface area (Å²) in [7, 11) is 0. The molecule has 0 spiro atoms. The molecule has 0 aliphatic carbocycles. The summed E-state index contributed by atoms with van der Waals surface area (Å²) < 4.78 is 5.00. The van der Waals surface area contributed by atoms with E-state index in [0.29, 0.717) is 6.54 Å². The van der Waals surface area contributed by atoms with E-state index in [1.54, 1.807) is 0 Å². The molecule has 0 aromatic heterocycles. The van der Waals surface area contributed by atoms with Crippen molar-refractivity contribution in [3.63, 3.8) is 0 Å². The maximum absolute atomic E-state index is 11.4. The fraction of sp³-hybridized carbons (Fsp3) is 0.833. The summed E-state index contributed by atoms with van der Waals surface area (Å²) in [6.07, 6.45) is 1.59. The van der Waals surface area contributed by atoms with Crippen LogP contribution in [-0.2, 0) is 14.3 Å². The van der Waals surface area contributed by atoms with Crippen molar-refractivity contribution in [1.82, 2.24) is 5.32 Å². The van der Waals surface area contributed by atoms with E-state index >= 15 is 0 Å². The lowest BCUT2D eigenvalue weighted by atomic mass is 10.1. The molecule has 0 aromatic carbocycles. The summed E-state index contributed by atoms with van der Waals surface area (Å²) in [6.45, 7) is 8.26. The average Bonchev–Trinajstić information content (AvgIpc) is 2.31. The molecule has 0 radical (unpaired) electrons. The molecule has 16 heavy (non-hydrogen) atoms. The predicted octanol–water partition coefficient (Wildman–Crippen LogP) is 1.74. The molecule has 0 aliphatic rings. The quantitative estimate of drug-likeness (QED) is 0.534. The van der Waals surface area contributed by atoms with Crippen LogP contribution >= 0.6 is 0 Å². The first kappa shape index (κ1) is 14.9. The van der Waals surface area contributed by atoms with Crippen LogP contribution in [0, 0.1) is 11.8 Å². The van der Waals surface area contributed by atoms with Crippen LogP contribution in [0.25, 0.3) is 0 Å². The van der Waals surface area contributed by atoms with Crippen LogP contribution in [0.3, 0.4) is 0 Å². The highest BCUT2D eigenvalue weighted by Gasteiger charge is 2.12. The van der Waals surface area contributed by atoms with Gasteiger partial charge in [0.15, 0.2) is 0 Å². The Morgan fingerprint density at radius 1 is 1.12 bits per heavy atom. The lowest BCUT2D eigenvalue weighted by Gasteiger charge is -2.11. The minimum absolute atomic E-state index is 0.0158. The first-order valence-corrected chi connectivity index (χ1v) is 5.97. The van der Waals surface area contributed by atoms with Gasteiger partial charge in [0.2, 0.25) is 5.91 Å². The summed E-state index contributed by atoms with van der Waals surface area (Å²) in [5.41, 5.74) is 0. The first-order valence-electron chi connectivity index (χ1n) is 5.97. The number of nitrogens with one attached hydrogen (secondary N) is 1. The Morgan fingerprint density at radius 2 is 1.69 bits per heavy atom. The lowest BCUT2D eigenvalue weighted by molar-refractivity contribution is -0.148. The van der Waals surface area contributed by atoms with Crippen molar-refractivity contribution in [3.05, 3.63) is 0 Å². The molecule has 0 saturated heterocycles. The van der Waals surface area contributed by atoms with E-state index in [4.69, 9.17) is 4.74 Å². The van der Waals surface area contributed by atoms with Crippen molar-refractivity contribution in [2.75, 3.05) is 13.2 Å². The third kappa shape index (κ3) is 5.73. The fourth-order valence-electron chi connectivity index (χ4n) is 0.994. The third-order valence-corrected chi connectivity index (χ3v) is 2.72. The molecule has 0 fully saturated rings. The zero-order chi connectivity index (χ0) is 12.6. The molecule has 1 N–H and O–H groups in total. The second kappa shape index (κ2) is 8.13. The van der Waals surface area contributed by atoms with E-state index in [1.807, 2.05) is 27.7 Å². The Labute approximate surface area is 97.7 Å². The largest absolute Gasteiger partial charge is 0.464 e. The van der Waals surface area contributed by atoms with E-state index in [0.717, 1.165) is 12.8 Å². The summed E-state index contributed by atoms with van der Waals surface area (Å²) in [6, 6.07) is 0. The van der Waals surface area contributed by atoms with Crippen molar-refractivity contribution in [2.24, 2.45) is 11.8 Å². The van der Waals surface area contributed by atoms with Gasteiger partial charge in [-0.3, -0.25) is 9.59 Å². The van der Waals surface area contributed by atoms with Crippen LogP contribution in [0.2, 0.25) is 0 Å². The zero-order valence-electron chi connectivity index (χ0n) is 10.7. The smallest absolute Gasteiger partial charge is 0.308 e. The summed E-state index contributed by atoms with van der Waals surface area (Å²) in [4.78, 5) is 22.6. The molecule has 2 atom stereocenters. The SMILES string of the molecule is CCC(C)C(=O)NCCOC(=O)C(C)CC. The van der Waals surface area contributed by atoms with Gasteiger partial charge in [-0.15, -0.1) is 0 Å². The Kier molecular flexibility index (Phi) is 7.60. The normalized spacial score (nSPS) is 14.0. The number of esters is 1. The summed E-state index contributed by atoms with van der Waals surface area (Å²) in [5, 5.41) is 2.73. The summed E-state index contributed by atoms with van der Waals surface area (Å²) in [5.74, 6) is -0.224. The molecular weight excluding hydrogens is 206 g/mol. The van der Waals surface area contributed by atoms with Gasteiger partial charge < -0.3 is 10.1 Å². The van der Waals surface area contributed by atoms with E-state index in [-0.39, 0.29) is 30.3 Å². The highest BCUT2D eigenvalue weighted by atomic mass is 16.5. The fourth-order valence-corrected chi connectivity index (χ4v) is 0.994. The first-order chi connectivity index (χ1) is 7.52. The summed E-state index contributed by atoms with van der Waals surface area (Å²) >= 11 is 0. The van der Waals surface area contributed by atoms with Gasteiger partial charge in [-0.2, -0.15) is 0 Å². The van der Waals surface area contributed by atoms with E-state index in [1.165, 1.54) is 0 Å². The molecule has 4 heteroatoms. The van der Waals surface area contributed by atoms with E-state index in [9.17, 15) is 9.59 Å². The van der Waals surface area contributed by atoms with E-state index in [2.05, 4.69) is 5.32 Å². The van der Waals surface area contributed by atoms with Crippen molar-refractivity contribution >= 4 is 11.9 Å². The van der Waals surface area contributed by atoms with Gasteiger partial charge in [0.25, 0.3) is 0 Å². The van der Waals surface area contributed by atoms with Crippen LogP contribution in [0.15, 0.2) is 0 Å². The monoisotopic (exact) mass is 229 g/mol.